The molecular weight excluding hydrogens is 286 g/mol. The standard InChI is InChI=1S/C16H26ClN3O/c1-11-12(17)18-14(15(2,3)4)19-13(11)20(5)10-16(21)8-6-7-9-16/h21H,6-10H2,1-5H3. The first-order valence-corrected chi connectivity index (χ1v) is 7.98. The van der Waals surface area contributed by atoms with E-state index in [1.54, 1.807) is 0 Å². The maximum absolute atomic E-state index is 10.6. The highest BCUT2D eigenvalue weighted by atomic mass is 35.5. The lowest BCUT2D eigenvalue weighted by Gasteiger charge is -2.31. The van der Waals surface area contributed by atoms with Gasteiger partial charge in [-0.2, -0.15) is 0 Å². The number of rotatable bonds is 3. The molecule has 118 valence electrons. The molecule has 1 saturated carbocycles. The molecule has 21 heavy (non-hydrogen) atoms. The molecule has 4 nitrogen and oxygen atoms in total. The molecule has 0 aromatic carbocycles. The van der Waals surface area contributed by atoms with Gasteiger partial charge in [-0.25, -0.2) is 9.97 Å². The topological polar surface area (TPSA) is 49.2 Å². The zero-order chi connectivity index (χ0) is 15.8. The van der Waals surface area contributed by atoms with E-state index in [0.29, 0.717) is 11.7 Å². The fraction of sp³-hybridized carbons (Fsp3) is 0.750. The van der Waals surface area contributed by atoms with Gasteiger partial charge in [0.05, 0.1) is 5.60 Å². The number of hydrogen-bond acceptors (Lipinski definition) is 4. The van der Waals surface area contributed by atoms with E-state index in [4.69, 9.17) is 16.6 Å². The Balaban J connectivity index is 2.31. The van der Waals surface area contributed by atoms with Crippen LogP contribution in [0.25, 0.3) is 0 Å². The third kappa shape index (κ3) is 3.67. The minimum absolute atomic E-state index is 0.156. The van der Waals surface area contributed by atoms with Crippen molar-refractivity contribution < 1.29 is 5.11 Å². The molecule has 1 N–H and O–H groups in total. The summed E-state index contributed by atoms with van der Waals surface area (Å²) >= 11 is 6.28. The molecule has 0 radical (unpaired) electrons. The zero-order valence-electron chi connectivity index (χ0n) is 13.7. The molecule has 0 bridgehead atoms. The van der Waals surface area contributed by atoms with Crippen LogP contribution in [0.2, 0.25) is 5.15 Å². The average Bonchev–Trinajstić information content (AvgIpc) is 2.77. The van der Waals surface area contributed by atoms with Gasteiger partial charge in [-0.15, -0.1) is 0 Å². The smallest absolute Gasteiger partial charge is 0.137 e. The van der Waals surface area contributed by atoms with Gasteiger partial charge >= 0.3 is 0 Å². The lowest BCUT2D eigenvalue weighted by Crippen LogP contribution is -2.40. The van der Waals surface area contributed by atoms with Crippen molar-refractivity contribution in [2.45, 2.75) is 64.4 Å². The van der Waals surface area contributed by atoms with E-state index in [9.17, 15) is 5.11 Å². The van der Waals surface area contributed by atoms with Gasteiger partial charge in [-0.3, -0.25) is 0 Å². The van der Waals surface area contributed by atoms with Gasteiger partial charge in [0.15, 0.2) is 0 Å². The second kappa shape index (κ2) is 5.73. The summed E-state index contributed by atoms with van der Waals surface area (Å²) in [5, 5.41) is 11.1. The molecule has 1 aliphatic rings. The van der Waals surface area contributed by atoms with E-state index < -0.39 is 5.60 Å². The van der Waals surface area contributed by atoms with Crippen LogP contribution in [0.1, 0.15) is 57.8 Å². The molecule has 5 heteroatoms. The molecule has 2 rings (SSSR count). The van der Waals surface area contributed by atoms with Crippen LogP contribution in [-0.4, -0.2) is 34.3 Å². The first-order chi connectivity index (χ1) is 9.62. The molecule has 0 unspecified atom stereocenters. The third-order valence-corrected chi connectivity index (χ3v) is 4.53. The van der Waals surface area contributed by atoms with Crippen LogP contribution in [0.15, 0.2) is 0 Å². The normalized spacial score (nSPS) is 18.0. The molecule has 0 saturated heterocycles. The van der Waals surface area contributed by atoms with Crippen molar-refractivity contribution in [2.24, 2.45) is 0 Å². The molecule has 1 heterocycles. The predicted octanol–water partition coefficient (Wildman–Crippen LogP) is 3.48. The summed E-state index contributed by atoms with van der Waals surface area (Å²) in [5.41, 5.74) is 0.117. The van der Waals surface area contributed by atoms with E-state index in [-0.39, 0.29) is 5.41 Å². The summed E-state index contributed by atoms with van der Waals surface area (Å²) < 4.78 is 0. The van der Waals surface area contributed by atoms with Crippen LogP contribution in [-0.2, 0) is 5.41 Å². The second-order valence-electron chi connectivity index (χ2n) is 7.32. The Bertz CT molecular complexity index is 519. The van der Waals surface area contributed by atoms with Gasteiger partial charge in [0.1, 0.15) is 16.8 Å². The SMILES string of the molecule is Cc1c(Cl)nc(C(C)(C)C)nc1N(C)CC1(O)CCCC1. The molecule has 1 aliphatic carbocycles. The molecule has 0 atom stereocenters. The first kappa shape index (κ1) is 16.5. The Kier molecular flexibility index (Phi) is 4.50. The zero-order valence-corrected chi connectivity index (χ0v) is 14.5. The number of aliphatic hydroxyl groups is 1. The molecule has 1 fully saturated rings. The summed E-state index contributed by atoms with van der Waals surface area (Å²) in [6, 6.07) is 0. The van der Waals surface area contributed by atoms with Crippen LogP contribution in [0.5, 0.6) is 0 Å². The van der Waals surface area contributed by atoms with E-state index in [0.717, 1.165) is 42.9 Å². The van der Waals surface area contributed by atoms with Crippen LogP contribution in [0, 0.1) is 6.92 Å². The largest absolute Gasteiger partial charge is 0.388 e. The molecule has 0 aliphatic heterocycles. The Morgan fingerprint density at radius 3 is 2.33 bits per heavy atom. The maximum Gasteiger partial charge on any atom is 0.137 e. The molecule has 1 aromatic rings. The van der Waals surface area contributed by atoms with Gasteiger partial charge in [-0.1, -0.05) is 45.2 Å². The molecule has 1 aromatic heterocycles. The molecule has 0 spiro atoms. The number of hydrogen-bond donors (Lipinski definition) is 1. The summed E-state index contributed by atoms with van der Waals surface area (Å²) in [4.78, 5) is 11.1. The minimum Gasteiger partial charge on any atom is -0.388 e. The van der Waals surface area contributed by atoms with E-state index >= 15 is 0 Å². The minimum atomic E-state index is -0.597. The van der Waals surface area contributed by atoms with Gasteiger partial charge < -0.3 is 10.0 Å². The van der Waals surface area contributed by atoms with Gasteiger partial charge in [0.25, 0.3) is 0 Å². The van der Waals surface area contributed by atoms with E-state index in [1.807, 2.05) is 18.9 Å². The predicted molar refractivity (Wildman–Crippen MR) is 87.2 cm³/mol. The fourth-order valence-corrected chi connectivity index (χ4v) is 3.06. The van der Waals surface area contributed by atoms with Gasteiger partial charge in [0, 0.05) is 24.6 Å². The van der Waals surface area contributed by atoms with Crippen molar-refractivity contribution in [1.29, 1.82) is 0 Å². The van der Waals surface area contributed by atoms with E-state index in [1.165, 1.54) is 0 Å². The molecular formula is C16H26ClN3O. The number of anilines is 1. The Hall–Kier alpha value is -0.870. The summed E-state index contributed by atoms with van der Waals surface area (Å²) in [6.07, 6.45) is 3.92. The Labute approximate surface area is 132 Å². The van der Waals surface area contributed by atoms with Gasteiger partial charge in [0.2, 0.25) is 0 Å². The van der Waals surface area contributed by atoms with Crippen molar-refractivity contribution in [3.05, 3.63) is 16.5 Å². The van der Waals surface area contributed by atoms with Crippen molar-refractivity contribution in [3.8, 4) is 0 Å². The number of aromatic nitrogens is 2. The van der Waals surface area contributed by atoms with Crippen molar-refractivity contribution in [2.75, 3.05) is 18.5 Å². The number of likely N-dealkylation sites (N-methyl/N-ethyl adjacent to an activating group) is 1. The summed E-state index contributed by atoms with van der Waals surface area (Å²) in [6.45, 7) is 8.73. The highest BCUT2D eigenvalue weighted by Crippen LogP contribution is 2.33. The van der Waals surface area contributed by atoms with Gasteiger partial charge in [-0.05, 0) is 19.8 Å². The van der Waals surface area contributed by atoms with Crippen LogP contribution in [0.4, 0.5) is 5.82 Å². The lowest BCUT2D eigenvalue weighted by atomic mass is 9.95. The highest BCUT2D eigenvalue weighted by molar-refractivity contribution is 6.30. The monoisotopic (exact) mass is 311 g/mol. The highest BCUT2D eigenvalue weighted by Gasteiger charge is 2.33. The Morgan fingerprint density at radius 2 is 1.81 bits per heavy atom. The van der Waals surface area contributed by atoms with Crippen LogP contribution in [0.3, 0.4) is 0 Å². The lowest BCUT2D eigenvalue weighted by molar-refractivity contribution is 0.0557. The average molecular weight is 312 g/mol. The fourth-order valence-electron chi connectivity index (χ4n) is 2.89. The van der Waals surface area contributed by atoms with Crippen molar-refractivity contribution in [1.82, 2.24) is 9.97 Å². The number of halogens is 1. The third-order valence-electron chi connectivity index (χ3n) is 4.16. The van der Waals surface area contributed by atoms with Crippen molar-refractivity contribution in [3.63, 3.8) is 0 Å². The second-order valence-corrected chi connectivity index (χ2v) is 7.68. The quantitative estimate of drug-likeness (QED) is 0.868. The Morgan fingerprint density at radius 1 is 1.24 bits per heavy atom. The number of nitrogens with zero attached hydrogens (tertiary/aromatic N) is 3. The van der Waals surface area contributed by atoms with E-state index in [2.05, 4.69) is 25.8 Å². The van der Waals surface area contributed by atoms with Crippen LogP contribution < -0.4 is 4.90 Å². The summed E-state index contributed by atoms with van der Waals surface area (Å²) in [7, 11) is 1.97. The first-order valence-electron chi connectivity index (χ1n) is 7.60. The van der Waals surface area contributed by atoms with Crippen LogP contribution >= 0.6 is 11.6 Å². The van der Waals surface area contributed by atoms with Crippen molar-refractivity contribution >= 4 is 17.4 Å². The summed E-state index contributed by atoms with van der Waals surface area (Å²) in [5.74, 6) is 1.55. The molecule has 0 amide bonds. The maximum atomic E-state index is 10.6.